The van der Waals surface area contributed by atoms with Gasteiger partial charge in [0.15, 0.2) is 0 Å². The van der Waals surface area contributed by atoms with Crippen LogP contribution >= 0.6 is 11.6 Å². The summed E-state index contributed by atoms with van der Waals surface area (Å²) in [7, 11) is 0. The van der Waals surface area contributed by atoms with Crippen molar-refractivity contribution in [2.24, 2.45) is 0 Å². The molecule has 78 valence electrons. The summed E-state index contributed by atoms with van der Waals surface area (Å²) in [5.41, 5.74) is 1.74. The van der Waals surface area contributed by atoms with Crippen LogP contribution in [0.3, 0.4) is 0 Å². The van der Waals surface area contributed by atoms with Crippen LogP contribution in [-0.4, -0.2) is 4.98 Å². The van der Waals surface area contributed by atoms with Gasteiger partial charge in [-0.15, -0.1) is 0 Å². The van der Waals surface area contributed by atoms with E-state index in [4.69, 9.17) is 11.6 Å². The number of benzene rings is 1. The summed E-state index contributed by atoms with van der Waals surface area (Å²) in [4.78, 5) is 4.17. The summed E-state index contributed by atoms with van der Waals surface area (Å²) in [6.45, 7) is 4.07. The molecule has 0 aliphatic carbocycles. The smallest absolute Gasteiger partial charge is 0.123 e. The van der Waals surface area contributed by atoms with Crippen LogP contribution in [0.1, 0.15) is 25.3 Å². The topological polar surface area (TPSA) is 12.9 Å². The van der Waals surface area contributed by atoms with Gasteiger partial charge in [-0.25, -0.2) is 4.39 Å². The number of rotatable bonds is 1. The lowest BCUT2D eigenvalue weighted by Gasteiger charge is -2.11. The molecule has 0 atom stereocenters. The molecule has 15 heavy (non-hydrogen) atoms. The third kappa shape index (κ3) is 1.82. The van der Waals surface area contributed by atoms with Gasteiger partial charge in [-0.1, -0.05) is 25.4 Å². The van der Waals surface area contributed by atoms with Gasteiger partial charge in [-0.05, 0) is 29.7 Å². The van der Waals surface area contributed by atoms with E-state index in [1.807, 2.05) is 13.8 Å². The van der Waals surface area contributed by atoms with Crippen molar-refractivity contribution in [2.45, 2.75) is 19.8 Å². The Hall–Kier alpha value is -1.15. The second-order valence-corrected chi connectivity index (χ2v) is 4.24. The number of hydrogen-bond acceptors (Lipinski definition) is 1. The summed E-state index contributed by atoms with van der Waals surface area (Å²) in [5.74, 6) is -0.00160. The Bertz CT molecular complexity index is 503. The van der Waals surface area contributed by atoms with Crippen molar-refractivity contribution in [3.63, 3.8) is 0 Å². The second-order valence-electron chi connectivity index (χ2n) is 3.84. The molecule has 1 aromatic carbocycles. The number of fused-ring (bicyclic) bond motifs is 1. The molecule has 0 N–H and O–H groups in total. The zero-order valence-electron chi connectivity index (χ0n) is 8.59. The summed E-state index contributed by atoms with van der Waals surface area (Å²) in [6, 6.07) is 4.57. The van der Waals surface area contributed by atoms with Crippen molar-refractivity contribution in [3.8, 4) is 0 Å². The van der Waals surface area contributed by atoms with Crippen LogP contribution in [0.4, 0.5) is 4.39 Å². The predicted octanol–water partition coefficient (Wildman–Crippen LogP) is 4.15. The summed E-state index contributed by atoms with van der Waals surface area (Å²) in [5, 5.41) is 1.40. The number of pyridine rings is 1. The SMILES string of the molecule is CC(C)c1c(Cl)cnc2ccc(F)cc12. The Kier molecular flexibility index (Phi) is 2.61. The molecular formula is C12H11ClFN. The molecule has 0 spiro atoms. The Balaban J connectivity index is 2.84. The summed E-state index contributed by atoms with van der Waals surface area (Å²) < 4.78 is 13.1. The average molecular weight is 224 g/mol. The molecule has 0 aliphatic rings. The van der Waals surface area contributed by atoms with E-state index < -0.39 is 0 Å². The molecule has 0 radical (unpaired) electrons. The van der Waals surface area contributed by atoms with Crippen molar-refractivity contribution in [1.82, 2.24) is 4.98 Å². The lowest BCUT2D eigenvalue weighted by molar-refractivity contribution is 0.629. The molecule has 2 aromatic rings. The van der Waals surface area contributed by atoms with Gasteiger partial charge in [0.2, 0.25) is 0 Å². The zero-order chi connectivity index (χ0) is 11.0. The first-order valence-electron chi connectivity index (χ1n) is 4.83. The molecular weight excluding hydrogens is 213 g/mol. The van der Waals surface area contributed by atoms with E-state index in [9.17, 15) is 4.39 Å². The molecule has 0 fully saturated rings. The first-order chi connectivity index (χ1) is 7.09. The van der Waals surface area contributed by atoms with E-state index in [0.29, 0.717) is 5.02 Å². The fraction of sp³-hybridized carbons (Fsp3) is 0.250. The normalized spacial score (nSPS) is 11.3. The van der Waals surface area contributed by atoms with E-state index in [1.54, 1.807) is 12.3 Å². The van der Waals surface area contributed by atoms with Gasteiger partial charge >= 0.3 is 0 Å². The van der Waals surface area contributed by atoms with Crippen LogP contribution in [-0.2, 0) is 0 Å². The fourth-order valence-electron chi connectivity index (χ4n) is 1.75. The summed E-state index contributed by atoms with van der Waals surface area (Å²) >= 11 is 6.07. The average Bonchev–Trinajstić information content (AvgIpc) is 2.16. The maximum absolute atomic E-state index is 13.1. The van der Waals surface area contributed by atoms with Crippen LogP contribution in [0.25, 0.3) is 10.9 Å². The Labute approximate surface area is 92.9 Å². The molecule has 1 nitrogen and oxygen atoms in total. The Morgan fingerprint density at radius 3 is 2.73 bits per heavy atom. The van der Waals surface area contributed by atoms with Crippen molar-refractivity contribution < 1.29 is 4.39 Å². The predicted molar refractivity (Wildman–Crippen MR) is 60.8 cm³/mol. The highest BCUT2D eigenvalue weighted by Gasteiger charge is 2.11. The first-order valence-corrected chi connectivity index (χ1v) is 5.21. The van der Waals surface area contributed by atoms with Crippen LogP contribution < -0.4 is 0 Å². The molecule has 0 saturated carbocycles. The van der Waals surface area contributed by atoms with Gasteiger partial charge in [0.1, 0.15) is 5.82 Å². The van der Waals surface area contributed by atoms with Gasteiger partial charge in [0.25, 0.3) is 0 Å². The lowest BCUT2D eigenvalue weighted by atomic mass is 9.99. The molecule has 0 saturated heterocycles. The summed E-state index contributed by atoms with van der Waals surface area (Å²) in [6.07, 6.45) is 1.62. The Morgan fingerprint density at radius 2 is 2.07 bits per heavy atom. The number of hydrogen-bond donors (Lipinski definition) is 0. The van der Waals surface area contributed by atoms with Crippen molar-refractivity contribution >= 4 is 22.5 Å². The monoisotopic (exact) mass is 223 g/mol. The molecule has 0 aliphatic heterocycles. The highest BCUT2D eigenvalue weighted by Crippen LogP contribution is 2.30. The standard InChI is InChI=1S/C12H11ClFN/c1-7(2)12-9-5-8(14)3-4-11(9)15-6-10(12)13/h3-7H,1-2H3. The van der Waals surface area contributed by atoms with Gasteiger partial charge in [-0.2, -0.15) is 0 Å². The van der Waals surface area contributed by atoms with Crippen LogP contribution in [0.5, 0.6) is 0 Å². The van der Waals surface area contributed by atoms with Crippen molar-refractivity contribution in [1.29, 1.82) is 0 Å². The second kappa shape index (κ2) is 3.78. The minimum atomic E-state index is -0.256. The largest absolute Gasteiger partial charge is 0.255 e. The van der Waals surface area contributed by atoms with E-state index in [2.05, 4.69) is 4.98 Å². The number of aromatic nitrogens is 1. The zero-order valence-corrected chi connectivity index (χ0v) is 9.35. The highest BCUT2D eigenvalue weighted by atomic mass is 35.5. The maximum atomic E-state index is 13.1. The van der Waals surface area contributed by atoms with Gasteiger partial charge < -0.3 is 0 Å². The third-order valence-electron chi connectivity index (χ3n) is 2.40. The maximum Gasteiger partial charge on any atom is 0.123 e. The minimum Gasteiger partial charge on any atom is -0.255 e. The van der Waals surface area contributed by atoms with Crippen LogP contribution in [0.2, 0.25) is 5.02 Å². The molecule has 1 heterocycles. The molecule has 1 aromatic heterocycles. The van der Waals surface area contributed by atoms with Gasteiger partial charge in [0, 0.05) is 11.6 Å². The van der Waals surface area contributed by atoms with E-state index in [1.165, 1.54) is 12.1 Å². The molecule has 0 bridgehead atoms. The van der Waals surface area contributed by atoms with Crippen molar-refractivity contribution in [3.05, 3.63) is 40.8 Å². The fourth-order valence-corrected chi connectivity index (χ4v) is 2.12. The van der Waals surface area contributed by atoms with E-state index >= 15 is 0 Å². The van der Waals surface area contributed by atoms with Crippen LogP contribution in [0.15, 0.2) is 24.4 Å². The number of nitrogens with zero attached hydrogens (tertiary/aromatic N) is 1. The number of halogens is 2. The quantitative estimate of drug-likeness (QED) is 0.708. The van der Waals surface area contributed by atoms with Crippen molar-refractivity contribution in [2.75, 3.05) is 0 Å². The Morgan fingerprint density at radius 1 is 1.33 bits per heavy atom. The van der Waals surface area contributed by atoms with Crippen LogP contribution in [0, 0.1) is 5.82 Å². The minimum absolute atomic E-state index is 0.254. The molecule has 2 rings (SSSR count). The molecule has 0 amide bonds. The third-order valence-corrected chi connectivity index (χ3v) is 2.70. The highest BCUT2D eigenvalue weighted by molar-refractivity contribution is 6.32. The molecule has 0 unspecified atom stereocenters. The lowest BCUT2D eigenvalue weighted by Crippen LogP contribution is -1.93. The van der Waals surface area contributed by atoms with E-state index in [0.717, 1.165) is 16.5 Å². The van der Waals surface area contributed by atoms with Gasteiger partial charge in [0.05, 0.1) is 10.5 Å². The first kappa shape index (κ1) is 10.4. The molecule has 3 heteroatoms. The van der Waals surface area contributed by atoms with E-state index in [-0.39, 0.29) is 11.7 Å². The van der Waals surface area contributed by atoms with Gasteiger partial charge in [-0.3, -0.25) is 4.98 Å².